The van der Waals surface area contributed by atoms with Crippen molar-refractivity contribution in [1.29, 1.82) is 0 Å². The Balaban J connectivity index is 1.56. The third kappa shape index (κ3) is 6.10. The highest BCUT2D eigenvalue weighted by atomic mass is 16.5. The lowest BCUT2D eigenvalue weighted by molar-refractivity contribution is -0.134. The van der Waals surface area contributed by atoms with Gasteiger partial charge in [-0.05, 0) is 36.5 Å². The zero-order valence-corrected chi connectivity index (χ0v) is 17.5. The van der Waals surface area contributed by atoms with E-state index in [0.717, 1.165) is 18.7 Å². The second kappa shape index (κ2) is 10.5. The van der Waals surface area contributed by atoms with Crippen molar-refractivity contribution >= 4 is 11.8 Å². The van der Waals surface area contributed by atoms with E-state index in [-0.39, 0.29) is 24.3 Å². The summed E-state index contributed by atoms with van der Waals surface area (Å²) in [7, 11) is 3.19. The van der Waals surface area contributed by atoms with Crippen LogP contribution in [0.15, 0.2) is 18.2 Å². The molecule has 2 aliphatic rings. The predicted molar refractivity (Wildman–Crippen MR) is 111 cm³/mol. The zero-order valence-electron chi connectivity index (χ0n) is 17.5. The Kier molecular flexibility index (Phi) is 7.75. The SMILES string of the molecule is COc1cc(CNC(=O)CC2C(=O)NCCN2CC2CCCCC2)cc(OC)c1. The number of methoxy groups -OCH3 is 2. The smallest absolute Gasteiger partial charge is 0.237 e. The van der Waals surface area contributed by atoms with Crippen LogP contribution in [0.5, 0.6) is 11.5 Å². The minimum Gasteiger partial charge on any atom is -0.497 e. The average Bonchev–Trinajstić information content (AvgIpc) is 2.75. The Morgan fingerprint density at radius 1 is 1.14 bits per heavy atom. The molecule has 7 nitrogen and oxygen atoms in total. The number of hydrogen-bond donors (Lipinski definition) is 2. The molecule has 0 radical (unpaired) electrons. The van der Waals surface area contributed by atoms with Crippen LogP contribution in [-0.2, 0) is 16.1 Å². The van der Waals surface area contributed by atoms with Gasteiger partial charge in [-0.2, -0.15) is 0 Å². The summed E-state index contributed by atoms with van der Waals surface area (Å²) in [5.74, 6) is 1.84. The number of nitrogens with one attached hydrogen (secondary N) is 2. The minimum atomic E-state index is -0.384. The molecular formula is C22H33N3O4. The van der Waals surface area contributed by atoms with E-state index in [9.17, 15) is 9.59 Å². The molecule has 1 saturated carbocycles. The predicted octanol–water partition coefficient (Wildman–Crippen LogP) is 2.09. The van der Waals surface area contributed by atoms with Gasteiger partial charge in [0.15, 0.2) is 0 Å². The highest BCUT2D eigenvalue weighted by molar-refractivity contribution is 5.88. The second-order valence-corrected chi connectivity index (χ2v) is 8.01. The van der Waals surface area contributed by atoms with Crippen LogP contribution >= 0.6 is 0 Å². The summed E-state index contributed by atoms with van der Waals surface area (Å²) < 4.78 is 10.5. The normalized spacial score (nSPS) is 20.8. The number of hydrogen-bond acceptors (Lipinski definition) is 5. The Hall–Kier alpha value is -2.28. The monoisotopic (exact) mass is 403 g/mol. The third-order valence-electron chi connectivity index (χ3n) is 5.94. The maximum Gasteiger partial charge on any atom is 0.237 e. The fourth-order valence-corrected chi connectivity index (χ4v) is 4.32. The van der Waals surface area contributed by atoms with E-state index in [0.29, 0.717) is 30.5 Å². The first-order valence-electron chi connectivity index (χ1n) is 10.6. The summed E-state index contributed by atoms with van der Waals surface area (Å²) >= 11 is 0. The molecule has 1 aliphatic heterocycles. The van der Waals surface area contributed by atoms with E-state index in [2.05, 4.69) is 15.5 Å². The van der Waals surface area contributed by atoms with Crippen LogP contribution in [0, 0.1) is 5.92 Å². The molecule has 2 fully saturated rings. The molecule has 3 rings (SSSR count). The van der Waals surface area contributed by atoms with Gasteiger partial charge < -0.3 is 20.1 Å². The van der Waals surface area contributed by atoms with Crippen LogP contribution in [0.25, 0.3) is 0 Å². The van der Waals surface area contributed by atoms with Crippen LogP contribution in [-0.4, -0.2) is 56.6 Å². The van der Waals surface area contributed by atoms with Gasteiger partial charge in [0.2, 0.25) is 11.8 Å². The molecule has 29 heavy (non-hydrogen) atoms. The van der Waals surface area contributed by atoms with Crippen LogP contribution in [0.3, 0.4) is 0 Å². The van der Waals surface area contributed by atoms with Gasteiger partial charge in [0.1, 0.15) is 11.5 Å². The van der Waals surface area contributed by atoms with Crippen molar-refractivity contribution < 1.29 is 19.1 Å². The van der Waals surface area contributed by atoms with Crippen molar-refractivity contribution in [3.63, 3.8) is 0 Å². The number of piperazine rings is 1. The standard InChI is InChI=1S/C22H33N3O4/c1-28-18-10-17(11-19(12-18)29-2)14-24-21(26)13-20-22(27)23-8-9-25(20)15-16-6-4-3-5-7-16/h10-12,16,20H,3-9,13-15H2,1-2H3,(H,23,27)(H,24,26). The average molecular weight is 404 g/mol. The summed E-state index contributed by atoms with van der Waals surface area (Å²) in [4.78, 5) is 27.3. The summed E-state index contributed by atoms with van der Waals surface area (Å²) in [6.07, 6.45) is 6.51. The maximum atomic E-state index is 12.6. The Labute approximate surface area is 173 Å². The van der Waals surface area contributed by atoms with Crippen LogP contribution in [0.4, 0.5) is 0 Å². The molecule has 160 valence electrons. The van der Waals surface area contributed by atoms with E-state index < -0.39 is 0 Å². The Morgan fingerprint density at radius 2 is 1.83 bits per heavy atom. The molecule has 1 heterocycles. The molecule has 1 saturated heterocycles. The van der Waals surface area contributed by atoms with Gasteiger partial charge in [-0.15, -0.1) is 0 Å². The molecule has 1 aromatic carbocycles. The number of benzene rings is 1. The summed E-state index contributed by atoms with van der Waals surface area (Å²) in [6.45, 7) is 2.75. The van der Waals surface area contributed by atoms with Crippen molar-refractivity contribution in [3.8, 4) is 11.5 Å². The molecule has 0 aromatic heterocycles. The Morgan fingerprint density at radius 3 is 2.48 bits per heavy atom. The third-order valence-corrected chi connectivity index (χ3v) is 5.94. The van der Waals surface area contributed by atoms with Gasteiger partial charge in [-0.1, -0.05) is 19.3 Å². The van der Waals surface area contributed by atoms with Gasteiger partial charge in [0.25, 0.3) is 0 Å². The Bertz CT molecular complexity index is 681. The molecule has 1 aliphatic carbocycles. The molecule has 2 amide bonds. The summed E-state index contributed by atoms with van der Waals surface area (Å²) in [5.41, 5.74) is 0.890. The topological polar surface area (TPSA) is 79.9 Å². The number of ether oxygens (including phenoxy) is 2. The van der Waals surface area contributed by atoms with Crippen molar-refractivity contribution in [2.45, 2.75) is 51.1 Å². The first-order chi connectivity index (χ1) is 14.1. The molecule has 2 N–H and O–H groups in total. The van der Waals surface area contributed by atoms with Gasteiger partial charge in [0.05, 0.1) is 26.7 Å². The minimum absolute atomic E-state index is 0.0368. The zero-order chi connectivity index (χ0) is 20.6. The number of carbonyl (C=O) groups excluding carboxylic acids is 2. The number of carbonyl (C=O) groups is 2. The van der Waals surface area contributed by atoms with Gasteiger partial charge in [-0.3, -0.25) is 14.5 Å². The van der Waals surface area contributed by atoms with Crippen molar-refractivity contribution in [3.05, 3.63) is 23.8 Å². The lowest BCUT2D eigenvalue weighted by Gasteiger charge is -2.37. The highest BCUT2D eigenvalue weighted by Crippen LogP contribution is 2.26. The lowest BCUT2D eigenvalue weighted by Crippen LogP contribution is -2.57. The van der Waals surface area contributed by atoms with Gasteiger partial charge in [-0.25, -0.2) is 0 Å². The van der Waals surface area contributed by atoms with Gasteiger partial charge >= 0.3 is 0 Å². The van der Waals surface area contributed by atoms with E-state index >= 15 is 0 Å². The van der Waals surface area contributed by atoms with E-state index in [4.69, 9.17) is 9.47 Å². The number of amides is 2. The fraction of sp³-hybridized carbons (Fsp3) is 0.636. The fourth-order valence-electron chi connectivity index (χ4n) is 4.32. The molecule has 0 spiro atoms. The van der Waals surface area contributed by atoms with E-state index in [1.807, 2.05) is 12.1 Å². The molecule has 0 bridgehead atoms. The molecule has 1 aromatic rings. The van der Waals surface area contributed by atoms with Crippen molar-refractivity contribution in [2.75, 3.05) is 33.9 Å². The van der Waals surface area contributed by atoms with E-state index in [1.54, 1.807) is 20.3 Å². The van der Waals surface area contributed by atoms with Crippen LogP contribution in [0.1, 0.15) is 44.1 Å². The quantitative estimate of drug-likeness (QED) is 0.695. The van der Waals surface area contributed by atoms with E-state index in [1.165, 1.54) is 32.1 Å². The second-order valence-electron chi connectivity index (χ2n) is 8.01. The highest BCUT2D eigenvalue weighted by Gasteiger charge is 2.33. The van der Waals surface area contributed by atoms with Crippen LogP contribution < -0.4 is 20.1 Å². The number of nitrogens with zero attached hydrogens (tertiary/aromatic N) is 1. The summed E-state index contributed by atoms with van der Waals surface area (Å²) in [5, 5.41) is 5.85. The largest absolute Gasteiger partial charge is 0.497 e. The summed E-state index contributed by atoms with van der Waals surface area (Å²) in [6, 6.07) is 5.14. The molecule has 7 heteroatoms. The van der Waals surface area contributed by atoms with Crippen LogP contribution in [0.2, 0.25) is 0 Å². The number of rotatable bonds is 8. The maximum absolute atomic E-state index is 12.6. The lowest BCUT2D eigenvalue weighted by atomic mass is 9.88. The van der Waals surface area contributed by atoms with Crippen molar-refractivity contribution in [2.24, 2.45) is 5.92 Å². The molecular weight excluding hydrogens is 370 g/mol. The molecule has 1 unspecified atom stereocenters. The first-order valence-corrected chi connectivity index (χ1v) is 10.6. The van der Waals surface area contributed by atoms with Crippen molar-refractivity contribution in [1.82, 2.24) is 15.5 Å². The van der Waals surface area contributed by atoms with Gasteiger partial charge in [0, 0.05) is 32.2 Å². The molecule has 1 atom stereocenters. The first kappa shape index (κ1) is 21.4.